The predicted molar refractivity (Wildman–Crippen MR) is 142 cm³/mol. The van der Waals surface area contributed by atoms with Crippen molar-refractivity contribution in [2.24, 2.45) is 0 Å². The highest BCUT2D eigenvalue weighted by molar-refractivity contribution is 7.89. The molecule has 10 heteroatoms. The van der Waals surface area contributed by atoms with Gasteiger partial charge in [0.2, 0.25) is 15.9 Å². The summed E-state index contributed by atoms with van der Waals surface area (Å²) in [6.45, 7) is 5.32. The van der Waals surface area contributed by atoms with Crippen molar-refractivity contribution in [1.82, 2.24) is 14.9 Å². The van der Waals surface area contributed by atoms with E-state index < -0.39 is 33.9 Å². The molecule has 0 heterocycles. The zero-order chi connectivity index (χ0) is 26.6. The molecule has 200 valence electrons. The van der Waals surface area contributed by atoms with E-state index in [0.29, 0.717) is 38.0 Å². The summed E-state index contributed by atoms with van der Waals surface area (Å²) in [5.74, 6) is -1.34. The second-order valence-corrected chi connectivity index (χ2v) is 11.3. The van der Waals surface area contributed by atoms with Crippen LogP contribution in [0.5, 0.6) is 0 Å². The van der Waals surface area contributed by atoms with Crippen LogP contribution in [0.3, 0.4) is 0 Å². The zero-order valence-electron chi connectivity index (χ0n) is 20.9. The highest BCUT2D eigenvalue weighted by Gasteiger charge is 2.25. The average molecular weight is 542 g/mol. The fourth-order valence-corrected chi connectivity index (χ4v) is 5.75. The summed E-state index contributed by atoms with van der Waals surface area (Å²) in [6, 6.07) is 12.9. The lowest BCUT2D eigenvalue weighted by Crippen LogP contribution is -2.49. The van der Waals surface area contributed by atoms with Gasteiger partial charge in [0.15, 0.2) is 0 Å². The number of halogens is 2. The number of rotatable bonds is 16. The van der Waals surface area contributed by atoms with Crippen LogP contribution >= 0.6 is 11.6 Å². The molecule has 3 N–H and O–H groups in total. The summed E-state index contributed by atoms with van der Waals surface area (Å²) in [4.78, 5) is 12.7. The molecular weight excluding hydrogens is 505 g/mol. The Bertz CT molecular complexity index is 1030. The molecule has 0 aromatic heterocycles. The molecule has 0 radical (unpaired) electrons. The third kappa shape index (κ3) is 10.5. The SMILES string of the molecule is CCCN(CCC)S(=O)(=O)CCC(=O)N[C@@H](Cc1cc(F)cc(Cl)c1)[C@H](O)CNCc1ccccc1. The van der Waals surface area contributed by atoms with Crippen molar-refractivity contribution in [3.8, 4) is 0 Å². The van der Waals surface area contributed by atoms with E-state index in [1.807, 2.05) is 44.2 Å². The van der Waals surface area contributed by atoms with Gasteiger partial charge in [-0.3, -0.25) is 4.79 Å². The summed E-state index contributed by atoms with van der Waals surface area (Å²) in [5, 5.41) is 17.0. The molecule has 7 nitrogen and oxygen atoms in total. The smallest absolute Gasteiger partial charge is 0.221 e. The molecule has 0 bridgehead atoms. The van der Waals surface area contributed by atoms with Crippen LogP contribution in [0, 0.1) is 5.82 Å². The second kappa shape index (κ2) is 15.3. The van der Waals surface area contributed by atoms with Gasteiger partial charge in [0.25, 0.3) is 0 Å². The van der Waals surface area contributed by atoms with Crippen molar-refractivity contribution >= 4 is 27.5 Å². The summed E-state index contributed by atoms with van der Waals surface area (Å²) in [7, 11) is -3.58. The van der Waals surface area contributed by atoms with Crippen molar-refractivity contribution in [3.63, 3.8) is 0 Å². The van der Waals surface area contributed by atoms with Gasteiger partial charge in [0.05, 0.1) is 17.9 Å². The van der Waals surface area contributed by atoms with Crippen LogP contribution in [0.15, 0.2) is 48.5 Å². The second-order valence-electron chi connectivity index (χ2n) is 8.80. The molecule has 0 fully saturated rings. The number of sulfonamides is 1. The molecule has 1 amide bonds. The maximum Gasteiger partial charge on any atom is 0.221 e. The van der Waals surface area contributed by atoms with E-state index >= 15 is 0 Å². The third-order valence-electron chi connectivity index (χ3n) is 5.64. The van der Waals surface area contributed by atoms with E-state index in [-0.39, 0.29) is 30.2 Å². The molecule has 2 rings (SSSR count). The van der Waals surface area contributed by atoms with Crippen LogP contribution < -0.4 is 10.6 Å². The highest BCUT2D eigenvalue weighted by Crippen LogP contribution is 2.17. The van der Waals surface area contributed by atoms with E-state index in [1.165, 1.54) is 16.4 Å². The fourth-order valence-electron chi connectivity index (χ4n) is 3.89. The maximum absolute atomic E-state index is 13.9. The van der Waals surface area contributed by atoms with Gasteiger partial charge in [-0.25, -0.2) is 17.1 Å². The van der Waals surface area contributed by atoms with Gasteiger partial charge in [-0.1, -0.05) is 55.8 Å². The molecule has 0 aliphatic rings. The normalized spacial score (nSPS) is 13.5. The first-order valence-corrected chi connectivity index (χ1v) is 14.3. The number of nitrogens with zero attached hydrogens (tertiary/aromatic N) is 1. The largest absolute Gasteiger partial charge is 0.390 e. The molecule has 0 spiro atoms. The van der Waals surface area contributed by atoms with Gasteiger partial charge < -0.3 is 15.7 Å². The predicted octanol–water partition coefficient (Wildman–Crippen LogP) is 3.50. The number of hydrogen-bond acceptors (Lipinski definition) is 5. The summed E-state index contributed by atoms with van der Waals surface area (Å²) in [6.07, 6.45) is 0.254. The lowest BCUT2D eigenvalue weighted by Gasteiger charge is -2.25. The first-order valence-electron chi connectivity index (χ1n) is 12.3. The Morgan fingerprint density at radius 1 is 1.08 bits per heavy atom. The molecule has 2 aromatic carbocycles. The Balaban J connectivity index is 2.05. The molecule has 0 saturated heterocycles. The van der Waals surface area contributed by atoms with Gasteiger partial charge in [-0.2, -0.15) is 0 Å². The van der Waals surface area contributed by atoms with Crippen LogP contribution in [-0.2, 0) is 27.8 Å². The van der Waals surface area contributed by atoms with Gasteiger partial charge in [-0.15, -0.1) is 0 Å². The van der Waals surface area contributed by atoms with Crippen molar-refractivity contribution in [2.45, 2.75) is 58.2 Å². The monoisotopic (exact) mass is 541 g/mol. The number of amides is 1. The van der Waals surface area contributed by atoms with Crippen molar-refractivity contribution in [2.75, 3.05) is 25.4 Å². The van der Waals surface area contributed by atoms with Crippen LogP contribution in [-0.4, -0.2) is 61.3 Å². The standard InChI is InChI=1S/C26H37ClFN3O4S/c1-3-11-31(12-4-2)36(34,35)13-10-26(33)30-24(16-21-14-22(27)17-23(28)15-21)25(32)19-29-18-20-8-6-5-7-9-20/h5-9,14-15,17,24-25,29,32H,3-4,10-13,16,18-19H2,1-2H3,(H,30,33)/t24-,25+/m0/s1. The Labute approximate surface area is 219 Å². The number of aliphatic hydroxyl groups is 1. The molecular formula is C26H37ClFN3O4S. The maximum atomic E-state index is 13.9. The Hall–Kier alpha value is -2.04. The van der Waals surface area contributed by atoms with E-state index in [1.54, 1.807) is 6.07 Å². The molecule has 2 aromatic rings. The third-order valence-corrected chi connectivity index (χ3v) is 7.73. The van der Waals surface area contributed by atoms with Gasteiger partial charge in [0, 0.05) is 37.6 Å². The lowest BCUT2D eigenvalue weighted by molar-refractivity contribution is -0.122. The van der Waals surface area contributed by atoms with Gasteiger partial charge >= 0.3 is 0 Å². The van der Waals surface area contributed by atoms with Crippen molar-refractivity contribution in [3.05, 3.63) is 70.5 Å². The minimum atomic E-state index is -3.58. The van der Waals surface area contributed by atoms with Gasteiger partial charge in [-0.05, 0) is 48.6 Å². The molecule has 0 saturated carbocycles. The summed E-state index contributed by atoms with van der Waals surface area (Å²) >= 11 is 5.98. The topological polar surface area (TPSA) is 98.7 Å². The molecule has 0 aliphatic carbocycles. The van der Waals surface area contributed by atoms with Crippen LogP contribution in [0.1, 0.15) is 44.2 Å². The minimum absolute atomic E-state index is 0.127. The molecule has 2 atom stereocenters. The van der Waals surface area contributed by atoms with E-state index in [4.69, 9.17) is 11.6 Å². The van der Waals surface area contributed by atoms with Crippen LogP contribution in [0.2, 0.25) is 5.02 Å². The number of hydrogen-bond donors (Lipinski definition) is 3. The number of nitrogens with one attached hydrogen (secondary N) is 2. The Kier molecular flexibility index (Phi) is 12.8. The number of carbonyl (C=O) groups excluding carboxylic acids is 1. The summed E-state index contributed by atoms with van der Waals surface area (Å²) in [5.41, 5.74) is 1.55. The lowest BCUT2D eigenvalue weighted by atomic mass is 10.0. The van der Waals surface area contributed by atoms with E-state index in [2.05, 4.69) is 10.6 Å². The Morgan fingerprint density at radius 3 is 2.36 bits per heavy atom. The first kappa shape index (κ1) is 30.2. The van der Waals surface area contributed by atoms with Crippen molar-refractivity contribution in [1.29, 1.82) is 0 Å². The first-order chi connectivity index (χ1) is 17.1. The van der Waals surface area contributed by atoms with Crippen LogP contribution in [0.4, 0.5) is 4.39 Å². The minimum Gasteiger partial charge on any atom is -0.390 e. The van der Waals surface area contributed by atoms with Crippen LogP contribution in [0.25, 0.3) is 0 Å². The van der Waals surface area contributed by atoms with E-state index in [0.717, 1.165) is 5.56 Å². The number of benzene rings is 2. The molecule has 0 unspecified atom stereocenters. The molecule has 0 aliphatic heterocycles. The fraction of sp³-hybridized carbons (Fsp3) is 0.500. The number of carbonyl (C=O) groups is 1. The van der Waals surface area contributed by atoms with Crippen molar-refractivity contribution < 1.29 is 22.7 Å². The van der Waals surface area contributed by atoms with Gasteiger partial charge in [0.1, 0.15) is 5.82 Å². The quantitative estimate of drug-likeness (QED) is 0.302. The Morgan fingerprint density at radius 2 is 1.75 bits per heavy atom. The average Bonchev–Trinajstić information content (AvgIpc) is 2.82. The number of aliphatic hydroxyl groups excluding tert-OH is 1. The summed E-state index contributed by atoms with van der Waals surface area (Å²) < 4.78 is 40.7. The zero-order valence-corrected chi connectivity index (χ0v) is 22.5. The molecule has 36 heavy (non-hydrogen) atoms. The highest BCUT2D eigenvalue weighted by atomic mass is 35.5. The van der Waals surface area contributed by atoms with E-state index in [9.17, 15) is 22.7 Å².